The molecule has 0 aromatic heterocycles. The second kappa shape index (κ2) is 6.02. The van der Waals surface area contributed by atoms with E-state index in [9.17, 15) is 0 Å². The van der Waals surface area contributed by atoms with E-state index >= 15 is 0 Å². The van der Waals surface area contributed by atoms with Crippen LogP contribution in [0.3, 0.4) is 0 Å². The first-order chi connectivity index (χ1) is 7.75. The minimum absolute atomic E-state index is 0.750. The maximum Gasteiger partial charge on any atom is 0.00385 e. The zero-order valence-corrected chi connectivity index (χ0v) is 11.1. The van der Waals surface area contributed by atoms with Crippen molar-refractivity contribution in [3.8, 4) is 0 Å². The molecule has 2 heterocycles. The second-order valence-corrected chi connectivity index (χ2v) is 5.91. The number of piperidine rings is 1. The zero-order chi connectivity index (χ0) is 11.4. The first kappa shape index (κ1) is 12.4. The van der Waals surface area contributed by atoms with Gasteiger partial charge in [0.05, 0.1) is 0 Å². The first-order valence-electron chi connectivity index (χ1n) is 7.22. The smallest absolute Gasteiger partial charge is 0.00385 e. The third-order valence-electron chi connectivity index (χ3n) is 4.43. The molecule has 0 atom stereocenters. The Labute approximate surface area is 101 Å². The fraction of sp³-hybridized carbons (Fsp3) is 1.00. The van der Waals surface area contributed by atoms with Crippen LogP contribution in [-0.2, 0) is 0 Å². The lowest BCUT2D eigenvalue weighted by molar-refractivity contribution is 0.139. The standard InChI is InChI=1S/C14H28N2/c1-13(2)16-11-6-14(7-12-16)5-10-15-8-3-4-9-15/h13-14H,3-12H2,1-2H3. The van der Waals surface area contributed by atoms with Gasteiger partial charge >= 0.3 is 0 Å². The molecule has 0 bridgehead atoms. The summed E-state index contributed by atoms with van der Waals surface area (Å²) >= 11 is 0. The third kappa shape index (κ3) is 3.46. The van der Waals surface area contributed by atoms with E-state index in [-0.39, 0.29) is 0 Å². The molecule has 16 heavy (non-hydrogen) atoms. The van der Waals surface area contributed by atoms with E-state index in [1.165, 1.54) is 64.8 Å². The van der Waals surface area contributed by atoms with Gasteiger partial charge in [-0.05, 0) is 84.6 Å². The Morgan fingerprint density at radius 3 is 2.19 bits per heavy atom. The molecule has 0 radical (unpaired) electrons. The Hall–Kier alpha value is -0.0800. The summed E-state index contributed by atoms with van der Waals surface area (Å²) in [6.07, 6.45) is 7.20. The summed E-state index contributed by atoms with van der Waals surface area (Å²) < 4.78 is 0. The van der Waals surface area contributed by atoms with Crippen molar-refractivity contribution in [3.05, 3.63) is 0 Å². The van der Waals surface area contributed by atoms with Crippen molar-refractivity contribution in [1.82, 2.24) is 9.80 Å². The van der Waals surface area contributed by atoms with Crippen LogP contribution in [0.5, 0.6) is 0 Å². The number of likely N-dealkylation sites (tertiary alicyclic amines) is 2. The van der Waals surface area contributed by atoms with Crippen molar-refractivity contribution < 1.29 is 0 Å². The van der Waals surface area contributed by atoms with Crippen molar-refractivity contribution in [2.24, 2.45) is 5.92 Å². The van der Waals surface area contributed by atoms with Crippen LogP contribution in [0.25, 0.3) is 0 Å². The molecule has 2 nitrogen and oxygen atoms in total. The molecular formula is C14H28N2. The summed E-state index contributed by atoms with van der Waals surface area (Å²) in [7, 11) is 0. The highest BCUT2D eigenvalue weighted by molar-refractivity contribution is 4.76. The molecule has 0 spiro atoms. The van der Waals surface area contributed by atoms with Gasteiger partial charge in [0.2, 0.25) is 0 Å². The molecule has 2 saturated heterocycles. The highest BCUT2D eigenvalue weighted by atomic mass is 15.2. The van der Waals surface area contributed by atoms with Crippen LogP contribution in [0.1, 0.15) is 46.0 Å². The average Bonchev–Trinajstić information content (AvgIpc) is 2.80. The van der Waals surface area contributed by atoms with Gasteiger partial charge < -0.3 is 9.80 Å². The second-order valence-electron chi connectivity index (χ2n) is 5.91. The minimum Gasteiger partial charge on any atom is -0.303 e. The summed E-state index contributed by atoms with van der Waals surface area (Å²) in [5, 5.41) is 0. The Kier molecular flexibility index (Phi) is 4.66. The van der Waals surface area contributed by atoms with E-state index in [0.717, 1.165) is 12.0 Å². The van der Waals surface area contributed by atoms with E-state index in [2.05, 4.69) is 23.6 Å². The van der Waals surface area contributed by atoms with Crippen LogP contribution in [0.4, 0.5) is 0 Å². The zero-order valence-electron chi connectivity index (χ0n) is 11.1. The van der Waals surface area contributed by atoms with Crippen molar-refractivity contribution in [2.75, 3.05) is 32.7 Å². The lowest BCUT2D eigenvalue weighted by atomic mass is 9.93. The van der Waals surface area contributed by atoms with E-state index < -0.39 is 0 Å². The predicted octanol–water partition coefficient (Wildman–Crippen LogP) is 2.59. The van der Waals surface area contributed by atoms with Crippen LogP contribution in [0, 0.1) is 5.92 Å². The molecule has 0 N–H and O–H groups in total. The molecule has 0 saturated carbocycles. The molecule has 0 aromatic rings. The van der Waals surface area contributed by atoms with Gasteiger partial charge in [-0.15, -0.1) is 0 Å². The van der Waals surface area contributed by atoms with Gasteiger partial charge in [0.25, 0.3) is 0 Å². The minimum atomic E-state index is 0.750. The van der Waals surface area contributed by atoms with Gasteiger partial charge in [0.15, 0.2) is 0 Å². The molecule has 0 amide bonds. The van der Waals surface area contributed by atoms with Crippen molar-refractivity contribution in [1.29, 1.82) is 0 Å². The Morgan fingerprint density at radius 1 is 1.00 bits per heavy atom. The maximum atomic E-state index is 2.66. The van der Waals surface area contributed by atoms with Gasteiger partial charge in [-0.3, -0.25) is 0 Å². The molecule has 0 aromatic carbocycles. The fourth-order valence-corrected chi connectivity index (χ4v) is 3.13. The van der Waals surface area contributed by atoms with Crippen LogP contribution >= 0.6 is 0 Å². The van der Waals surface area contributed by atoms with Crippen LogP contribution in [0.15, 0.2) is 0 Å². The molecule has 94 valence electrons. The number of nitrogens with zero attached hydrogens (tertiary/aromatic N) is 2. The summed E-state index contributed by atoms with van der Waals surface area (Å²) in [5.74, 6) is 1.01. The summed E-state index contributed by atoms with van der Waals surface area (Å²) in [6.45, 7) is 11.4. The van der Waals surface area contributed by atoms with E-state index in [1.54, 1.807) is 0 Å². The van der Waals surface area contributed by atoms with Gasteiger partial charge in [-0.1, -0.05) is 0 Å². The lowest BCUT2D eigenvalue weighted by Crippen LogP contribution is -2.39. The summed E-state index contributed by atoms with van der Waals surface area (Å²) in [4.78, 5) is 5.29. The largest absolute Gasteiger partial charge is 0.303 e. The average molecular weight is 224 g/mol. The monoisotopic (exact) mass is 224 g/mol. The summed E-state index contributed by atoms with van der Waals surface area (Å²) in [6, 6.07) is 0.750. The molecule has 2 fully saturated rings. The normalized spacial score (nSPS) is 25.7. The highest BCUT2D eigenvalue weighted by Crippen LogP contribution is 2.22. The Bertz CT molecular complexity index is 189. The van der Waals surface area contributed by atoms with Crippen molar-refractivity contribution >= 4 is 0 Å². The van der Waals surface area contributed by atoms with Crippen molar-refractivity contribution in [2.45, 2.75) is 52.0 Å². The molecule has 2 aliphatic rings. The molecule has 2 rings (SSSR count). The van der Waals surface area contributed by atoms with Crippen LogP contribution in [-0.4, -0.2) is 48.6 Å². The number of hydrogen-bond donors (Lipinski definition) is 0. The Balaban J connectivity index is 1.61. The maximum absolute atomic E-state index is 2.66. The molecule has 2 aliphatic heterocycles. The molecule has 0 aliphatic carbocycles. The predicted molar refractivity (Wildman–Crippen MR) is 69.7 cm³/mol. The van der Waals surface area contributed by atoms with Gasteiger partial charge in [0.1, 0.15) is 0 Å². The molecule has 2 heteroatoms. The quantitative estimate of drug-likeness (QED) is 0.724. The SMILES string of the molecule is CC(C)N1CCC(CCN2CCCC2)CC1. The Morgan fingerprint density at radius 2 is 1.62 bits per heavy atom. The third-order valence-corrected chi connectivity index (χ3v) is 4.43. The van der Waals surface area contributed by atoms with E-state index in [4.69, 9.17) is 0 Å². The number of rotatable bonds is 4. The van der Waals surface area contributed by atoms with Crippen molar-refractivity contribution in [3.63, 3.8) is 0 Å². The van der Waals surface area contributed by atoms with Gasteiger partial charge in [-0.25, -0.2) is 0 Å². The van der Waals surface area contributed by atoms with Gasteiger partial charge in [-0.2, -0.15) is 0 Å². The number of hydrogen-bond acceptors (Lipinski definition) is 2. The van der Waals surface area contributed by atoms with Crippen LogP contribution < -0.4 is 0 Å². The topological polar surface area (TPSA) is 6.48 Å². The lowest BCUT2D eigenvalue weighted by Gasteiger charge is -2.35. The fourth-order valence-electron chi connectivity index (χ4n) is 3.13. The van der Waals surface area contributed by atoms with Gasteiger partial charge in [0, 0.05) is 6.04 Å². The highest BCUT2D eigenvalue weighted by Gasteiger charge is 2.21. The van der Waals surface area contributed by atoms with Crippen LogP contribution in [0.2, 0.25) is 0 Å². The van der Waals surface area contributed by atoms with E-state index in [1.807, 2.05) is 0 Å². The first-order valence-corrected chi connectivity index (χ1v) is 7.22. The molecule has 0 unspecified atom stereocenters. The van der Waals surface area contributed by atoms with E-state index in [0.29, 0.717) is 0 Å². The summed E-state index contributed by atoms with van der Waals surface area (Å²) in [5.41, 5.74) is 0. The molecular weight excluding hydrogens is 196 g/mol.